The lowest BCUT2D eigenvalue weighted by Gasteiger charge is -2.11. The van der Waals surface area contributed by atoms with E-state index in [1.54, 1.807) is 0 Å². The highest BCUT2D eigenvalue weighted by atomic mass is 35.5. The Hall–Kier alpha value is -2.59. The van der Waals surface area contributed by atoms with E-state index in [1.807, 2.05) is 42.5 Å². The van der Waals surface area contributed by atoms with Gasteiger partial charge in [-0.05, 0) is 34.9 Å². The van der Waals surface area contributed by atoms with E-state index in [-0.39, 0.29) is 0 Å². The largest absolute Gasteiger partial charge is 0.387 e. The summed E-state index contributed by atoms with van der Waals surface area (Å²) < 4.78 is 2.27. The summed E-state index contributed by atoms with van der Waals surface area (Å²) in [6.45, 7) is 2.02. The van der Waals surface area contributed by atoms with Gasteiger partial charge in [0.1, 0.15) is 0 Å². The summed E-state index contributed by atoms with van der Waals surface area (Å²) in [6.07, 6.45) is 1.69. The van der Waals surface area contributed by atoms with Gasteiger partial charge < -0.3 is 15.0 Å². The van der Waals surface area contributed by atoms with Crippen LogP contribution < -0.4 is 5.32 Å². The van der Waals surface area contributed by atoms with E-state index in [4.69, 9.17) is 11.6 Å². The van der Waals surface area contributed by atoms with Gasteiger partial charge in [-0.25, -0.2) is 0 Å². The van der Waals surface area contributed by atoms with Gasteiger partial charge in [-0.3, -0.25) is 0 Å². The van der Waals surface area contributed by atoms with Crippen LogP contribution in [0.3, 0.4) is 0 Å². The lowest BCUT2D eigenvalue weighted by molar-refractivity contribution is 0.174. The first kappa shape index (κ1) is 18.8. The van der Waals surface area contributed by atoms with Gasteiger partial charge in [-0.15, -0.1) is 0 Å². The first-order valence-electron chi connectivity index (χ1n) is 9.45. The molecule has 1 heterocycles. The number of aliphatic hydroxyl groups is 1. The number of benzene rings is 3. The fourth-order valence-electron chi connectivity index (χ4n) is 3.52. The molecule has 28 heavy (non-hydrogen) atoms. The molecule has 1 atom stereocenters. The molecule has 3 nitrogen and oxygen atoms in total. The standard InChI is InChI=1S/C24H23ClN2O/c25-21-12-10-18(11-13-21)16-27-17-20(22-8-4-5-9-23(22)27)14-26-15-24(28)19-6-2-1-3-7-19/h1-13,17,24,26,28H,14-16H2/t24-/m0/s1. The van der Waals surface area contributed by atoms with Gasteiger partial charge in [0.2, 0.25) is 0 Å². The Morgan fingerprint density at radius 3 is 2.39 bits per heavy atom. The van der Waals surface area contributed by atoms with Crippen molar-refractivity contribution in [3.63, 3.8) is 0 Å². The number of rotatable bonds is 7. The molecule has 3 aromatic carbocycles. The maximum atomic E-state index is 10.4. The number of nitrogens with one attached hydrogen (secondary N) is 1. The molecule has 0 aliphatic heterocycles. The molecule has 0 fully saturated rings. The number of nitrogens with zero attached hydrogens (tertiary/aromatic N) is 1. The van der Waals surface area contributed by atoms with E-state index in [9.17, 15) is 5.11 Å². The minimum absolute atomic E-state index is 0.511. The second-order valence-corrected chi connectivity index (χ2v) is 7.42. The Morgan fingerprint density at radius 2 is 1.61 bits per heavy atom. The van der Waals surface area contributed by atoms with Gasteiger partial charge in [0.15, 0.2) is 0 Å². The van der Waals surface area contributed by atoms with Crippen LogP contribution in [0.25, 0.3) is 10.9 Å². The minimum atomic E-state index is -0.511. The number of halogens is 1. The van der Waals surface area contributed by atoms with Crippen LogP contribution in [-0.2, 0) is 13.1 Å². The van der Waals surface area contributed by atoms with Crippen LogP contribution in [0.2, 0.25) is 5.02 Å². The molecule has 4 aromatic rings. The van der Waals surface area contributed by atoms with Crippen LogP contribution in [0, 0.1) is 0 Å². The number of aliphatic hydroxyl groups excluding tert-OH is 1. The van der Waals surface area contributed by atoms with Crippen LogP contribution in [0.15, 0.2) is 85.1 Å². The molecule has 0 aliphatic carbocycles. The molecule has 4 rings (SSSR count). The molecule has 0 bridgehead atoms. The summed E-state index contributed by atoms with van der Waals surface area (Å²) in [7, 11) is 0. The zero-order valence-corrected chi connectivity index (χ0v) is 16.3. The Labute approximate surface area is 170 Å². The molecule has 0 saturated carbocycles. The predicted molar refractivity (Wildman–Crippen MR) is 116 cm³/mol. The molecule has 0 unspecified atom stereocenters. The number of hydrogen-bond acceptors (Lipinski definition) is 2. The monoisotopic (exact) mass is 390 g/mol. The second kappa shape index (κ2) is 8.61. The highest BCUT2D eigenvalue weighted by Gasteiger charge is 2.10. The zero-order chi connectivity index (χ0) is 19.3. The predicted octanol–water partition coefficient (Wildman–Crippen LogP) is 5.17. The van der Waals surface area contributed by atoms with Crippen LogP contribution in [0.5, 0.6) is 0 Å². The summed E-state index contributed by atoms with van der Waals surface area (Å²) in [5.74, 6) is 0. The quantitative estimate of drug-likeness (QED) is 0.457. The lowest BCUT2D eigenvalue weighted by Crippen LogP contribution is -2.20. The van der Waals surface area contributed by atoms with Gasteiger partial charge >= 0.3 is 0 Å². The Kier molecular flexibility index (Phi) is 5.77. The van der Waals surface area contributed by atoms with Crippen molar-refractivity contribution in [3.05, 3.63) is 107 Å². The van der Waals surface area contributed by atoms with Crippen molar-refractivity contribution in [3.8, 4) is 0 Å². The number of hydrogen-bond donors (Lipinski definition) is 2. The molecule has 142 valence electrons. The molecule has 0 saturated heterocycles. The van der Waals surface area contributed by atoms with Crippen LogP contribution in [-0.4, -0.2) is 16.2 Å². The maximum absolute atomic E-state index is 10.4. The third-order valence-corrected chi connectivity index (χ3v) is 5.23. The molecule has 1 aromatic heterocycles. The van der Waals surface area contributed by atoms with Crippen molar-refractivity contribution in [2.24, 2.45) is 0 Å². The number of aromatic nitrogens is 1. The average molecular weight is 391 g/mol. The Bertz CT molecular complexity index is 1040. The van der Waals surface area contributed by atoms with E-state index < -0.39 is 6.10 Å². The minimum Gasteiger partial charge on any atom is -0.387 e. The van der Waals surface area contributed by atoms with E-state index >= 15 is 0 Å². The second-order valence-electron chi connectivity index (χ2n) is 6.98. The third kappa shape index (κ3) is 4.28. The smallest absolute Gasteiger partial charge is 0.0914 e. The molecule has 4 heteroatoms. The van der Waals surface area contributed by atoms with Gasteiger partial charge in [0.05, 0.1) is 6.10 Å². The summed E-state index contributed by atoms with van der Waals surface area (Å²) in [6, 6.07) is 26.2. The fraction of sp³-hybridized carbons (Fsp3) is 0.167. The molecular formula is C24H23ClN2O. The normalized spacial score (nSPS) is 12.4. The molecule has 0 spiro atoms. The van der Waals surface area contributed by atoms with Crippen molar-refractivity contribution >= 4 is 22.5 Å². The van der Waals surface area contributed by atoms with Crippen LogP contribution >= 0.6 is 11.6 Å². The van der Waals surface area contributed by atoms with Gasteiger partial charge in [0.25, 0.3) is 0 Å². The van der Waals surface area contributed by atoms with Crippen LogP contribution in [0.1, 0.15) is 22.8 Å². The summed E-state index contributed by atoms with van der Waals surface area (Å²) in [4.78, 5) is 0. The Balaban J connectivity index is 1.49. The van der Waals surface area contributed by atoms with Crippen molar-refractivity contribution in [1.29, 1.82) is 0 Å². The fourth-order valence-corrected chi connectivity index (χ4v) is 3.64. The topological polar surface area (TPSA) is 37.2 Å². The van der Waals surface area contributed by atoms with Crippen molar-refractivity contribution < 1.29 is 5.11 Å². The van der Waals surface area contributed by atoms with E-state index in [1.165, 1.54) is 22.0 Å². The van der Waals surface area contributed by atoms with E-state index in [2.05, 4.69) is 52.5 Å². The first-order chi connectivity index (χ1) is 13.7. The number of para-hydroxylation sites is 1. The summed E-state index contributed by atoms with van der Waals surface area (Å²) >= 11 is 6.01. The molecule has 0 radical (unpaired) electrons. The maximum Gasteiger partial charge on any atom is 0.0914 e. The molecule has 2 N–H and O–H groups in total. The van der Waals surface area contributed by atoms with E-state index in [0.717, 1.165) is 17.1 Å². The van der Waals surface area contributed by atoms with E-state index in [0.29, 0.717) is 13.1 Å². The first-order valence-corrected chi connectivity index (χ1v) is 9.83. The van der Waals surface area contributed by atoms with Gasteiger partial charge in [-0.1, -0.05) is 72.3 Å². The highest BCUT2D eigenvalue weighted by molar-refractivity contribution is 6.30. The van der Waals surface area contributed by atoms with Crippen molar-refractivity contribution in [2.75, 3.05) is 6.54 Å². The van der Waals surface area contributed by atoms with Crippen LogP contribution in [0.4, 0.5) is 0 Å². The third-order valence-electron chi connectivity index (χ3n) is 4.97. The molecule has 0 aliphatic rings. The van der Waals surface area contributed by atoms with Crippen molar-refractivity contribution in [2.45, 2.75) is 19.2 Å². The van der Waals surface area contributed by atoms with Gasteiger partial charge in [-0.2, -0.15) is 0 Å². The summed E-state index contributed by atoms with van der Waals surface area (Å²) in [5.41, 5.74) is 4.58. The van der Waals surface area contributed by atoms with Crippen molar-refractivity contribution in [1.82, 2.24) is 9.88 Å². The van der Waals surface area contributed by atoms with Gasteiger partial charge in [0, 0.05) is 41.8 Å². The highest BCUT2D eigenvalue weighted by Crippen LogP contribution is 2.23. The summed E-state index contributed by atoms with van der Waals surface area (Å²) in [5, 5.41) is 15.7. The zero-order valence-electron chi connectivity index (χ0n) is 15.6. The Morgan fingerprint density at radius 1 is 0.893 bits per heavy atom. The molecule has 0 amide bonds. The molecular weight excluding hydrogens is 368 g/mol. The number of fused-ring (bicyclic) bond motifs is 1. The lowest BCUT2D eigenvalue weighted by atomic mass is 10.1. The SMILES string of the molecule is O[C@@H](CNCc1cn(Cc2ccc(Cl)cc2)c2ccccc12)c1ccccc1. The average Bonchev–Trinajstić information content (AvgIpc) is 3.08.